The molecule has 0 amide bonds. The third-order valence-electron chi connectivity index (χ3n) is 9.00. The maximum absolute atomic E-state index is 13.0. The van der Waals surface area contributed by atoms with Crippen molar-refractivity contribution < 1.29 is 48.9 Å². The maximum atomic E-state index is 13.0. The van der Waals surface area contributed by atoms with Gasteiger partial charge in [-0.15, -0.1) is 0 Å². The van der Waals surface area contributed by atoms with Crippen LogP contribution in [-0.2, 0) is 32.7 Å². The lowest BCUT2D eigenvalue weighted by atomic mass is 10.0. The number of hydrogen-bond donors (Lipinski definition) is 0. The summed E-state index contributed by atoms with van der Waals surface area (Å²) in [5.41, 5.74) is 0. The van der Waals surface area contributed by atoms with Crippen molar-refractivity contribution >= 4 is 19.8 Å². The van der Waals surface area contributed by atoms with Gasteiger partial charge in [0.15, 0.2) is 6.08 Å². The molecule has 0 aromatic carbocycles. The molecule has 0 saturated heterocycles. The molecule has 0 N–H and O–H groups in total. The van der Waals surface area contributed by atoms with Crippen molar-refractivity contribution in [2.24, 2.45) is 0 Å². The standard InChI is InChI=1S/C45H84NO8P/c1-6-8-10-12-14-16-18-20-22-23-24-26-28-30-32-34-36-38-45(48)54-43(42-53-55(49,50)52-40-39-46(3,4)5)41-51-44(47)37-35-33-31-29-27-25-21-19-17-15-13-11-9-7-2/h8,10,14,16,20,22,43H,6-7,9,11-13,15,17-19,21,23-42H2,1-5H3/b10-8-,16-14-,22-20-/t43-/m1/s1/i41D2,42D2,43D. The van der Waals surface area contributed by atoms with E-state index >= 15 is 0 Å². The molecule has 55 heavy (non-hydrogen) atoms. The number of carbonyl (C=O) groups excluding carboxylic acids is 2. The highest BCUT2D eigenvalue weighted by atomic mass is 31.2. The van der Waals surface area contributed by atoms with Gasteiger partial charge >= 0.3 is 11.9 Å². The molecule has 0 bridgehead atoms. The number of nitrogens with zero attached hydrogens (tertiary/aromatic N) is 1. The second-order valence-corrected chi connectivity index (χ2v) is 16.9. The molecule has 0 aromatic rings. The fraction of sp³-hybridized carbons (Fsp3) is 0.822. The first-order valence-electron chi connectivity index (χ1n) is 24.2. The Bertz CT molecular complexity index is 1260. The number of rotatable bonds is 40. The number of esters is 2. The fourth-order valence-electron chi connectivity index (χ4n) is 5.64. The SMILES string of the molecule is [2H]C([2H])(OC(=O)CCCCCCCCCCCCCCCC)[C@@]([2H])(OC(=O)CCCCCCCCC/C=C\C/C=C\C/C=C\CC)C([2H])([2H])OP(=O)([O-])OCC[N+](C)(C)C. The van der Waals surface area contributed by atoms with Gasteiger partial charge in [-0.3, -0.25) is 14.2 Å². The largest absolute Gasteiger partial charge is 0.756 e. The summed E-state index contributed by atoms with van der Waals surface area (Å²) in [4.78, 5) is 38.5. The van der Waals surface area contributed by atoms with E-state index in [0.717, 1.165) is 83.5 Å². The predicted molar refractivity (Wildman–Crippen MR) is 227 cm³/mol. The third kappa shape index (κ3) is 41.7. The normalized spacial score (nSPS) is 16.4. The van der Waals surface area contributed by atoms with Gasteiger partial charge in [0.25, 0.3) is 7.82 Å². The second-order valence-electron chi connectivity index (χ2n) is 15.5. The van der Waals surface area contributed by atoms with Crippen LogP contribution in [-0.4, -0.2) is 69.9 Å². The molecule has 322 valence electrons. The van der Waals surface area contributed by atoms with Gasteiger partial charge < -0.3 is 27.9 Å². The van der Waals surface area contributed by atoms with Gasteiger partial charge in [0, 0.05) is 12.8 Å². The van der Waals surface area contributed by atoms with Crippen LogP contribution in [0.4, 0.5) is 0 Å². The Labute approximate surface area is 345 Å². The molecule has 0 aliphatic heterocycles. The summed E-state index contributed by atoms with van der Waals surface area (Å²) in [5.74, 6) is -2.23. The molecule has 9 nitrogen and oxygen atoms in total. The van der Waals surface area contributed by atoms with E-state index in [2.05, 4.69) is 54.8 Å². The number of hydrogen-bond acceptors (Lipinski definition) is 8. The Morgan fingerprint density at radius 1 is 0.636 bits per heavy atom. The quantitative estimate of drug-likeness (QED) is 0.0198. The van der Waals surface area contributed by atoms with Crippen LogP contribution in [0.3, 0.4) is 0 Å². The Hall–Kier alpha value is -1.77. The number of ether oxygens (including phenoxy) is 2. The van der Waals surface area contributed by atoms with Gasteiger partial charge in [-0.05, 0) is 44.9 Å². The van der Waals surface area contributed by atoms with Crippen LogP contribution in [0.25, 0.3) is 0 Å². The van der Waals surface area contributed by atoms with Crippen LogP contribution in [0.15, 0.2) is 36.5 Å². The number of allylic oxidation sites excluding steroid dienone is 6. The number of unbranched alkanes of at least 4 members (excludes halogenated alkanes) is 20. The minimum Gasteiger partial charge on any atom is -0.756 e. The summed E-state index contributed by atoms with van der Waals surface area (Å²) in [5, 5.41) is 0. The summed E-state index contributed by atoms with van der Waals surface area (Å²) in [7, 11) is -0.162. The zero-order valence-electron chi connectivity index (χ0n) is 40.6. The number of likely N-dealkylation sites (N-methyl/N-ethyl adjacent to an activating group) is 1. The molecule has 0 fully saturated rings. The zero-order chi connectivity index (χ0) is 45.2. The molecule has 0 aliphatic carbocycles. The molecule has 10 heteroatoms. The molecule has 0 saturated carbocycles. The molecule has 1 unspecified atom stereocenters. The van der Waals surface area contributed by atoms with E-state index in [1.165, 1.54) is 51.4 Å². The molecule has 0 heterocycles. The number of phosphoric ester groups is 1. The van der Waals surface area contributed by atoms with Crippen LogP contribution >= 0.6 is 7.82 Å². The molecule has 0 rings (SSSR count). The minimum atomic E-state index is -5.51. The summed E-state index contributed by atoms with van der Waals surface area (Å²) < 4.78 is 74.9. The number of carbonyl (C=O) groups is 2. The highest BCUT2D eigenvalue weighted by Gasteiger charge is 2.21. The Kier molecular flexibility index (Phi) is 30.5. The first kappa shape index (κ1) is 44.3. The average molecular weight is 803 g/mol. The summed E-state index contributed by atoms with van der Waals surface area (Å²) in [6.45, 7) is -3.34. The highest BCUT2D eigenvalue weighted by Crippen LogP contribution is 2.38. The Morgan fingerprint density at radius 3 is 1.60 bits per heavy atom. The summed E-state index contributed by atoms with van der Waals surface area (Å²) in [6, 6.07) is 0. The predicted octanol–water partition coefficient (Wildman–Crippen LogP) is 11.9. The van der Waals surface area contributed by atoms with E-state index in [-0.39, 0.29) is 19.4 Å². The van der Waals surface area contributed by atoms with Crippen molar-refractivity contribution in [2.75, 3.05) is 47.4 Å². The van der Waals surface area contributed by atoms with Gasteiger partial charge in [-0.2, -0.15) is 0 Å². The summed E-state index contributed by atoms with van der Waals surface area (Å²) >= 11 is 0. The maximum Gasteiger partial charge on any atom is 0.306 e. The van der Waals surface area contributed by atoms with Crippen molar-refractivity contribution in [3.8, 4) is 0 Å². The summed E-state index contributed by atoms with van der Waals surface area (Å²) in [6.07, 6.45) is 34.2. The van der Waals surface area contributed by atoms with Crippen molar-refractivity contribution in [1.29, 1.82) is 0 Å². The van der Waals surface area contributed by atoms with Crippen LogP contribution in [0, 0.1) is 0 Å². The van der Waals surface area contributed by atoms with Crippen LogP contribution < -0.4 is 4.89 Å². The Balaban J connectivity index is 5.05. The van der Waals surface area contributed by atoms with Crippen molar-refractivity contribution in [3.63, 3.8) is 0 Å². The first-order chi connectivity index (χ1) is 28.3. The molecular weight excluding hydrogens is 713 g/mol. The highest BCUT2D eigenvalue weighted by molar-refractivity contribution is 7.45. The van der Waals surface area contributed by atoms with E-state index in [9.17, 15) is 19.0 Å². The van der Waals surface area contributed by atoms with Gasteiger partial charge in [-0.1, -0.05) is 166 Å². The molecule has 0 aromatic heterocycles. The zero-order valence-corrected chi connectivity index (χ0v) is 36.5. The monoisotopic (exact) mass is 803 g/mol. The number of phosphoric acid groups is 1. The first-order valence-corrected chi connectivity index (χ1v) is 23.1. The second kappa shape index (κ2) is 37.8. The van der Waals surface area contributed by atoms with E-state index in [4.69, 9.17) is 20.9 Å². The van der Waals surface area contributed by atoms with E-state index in [1.807, 2.05) is 0 Å². The van der Waals surface area contributed by atoms with E-state index in [1.54, 1.807) is 21.1 Å². The van der Waals surface area contributed by atoms with Gasteiger partial charge in [0.05, 0.1) is 34.6 Å². The lowest BCUT2D eigenvalue weighted by molar-refractivity contribution is -0.870. The fourth-order valence-corrected chi connectivity index (χ4v) is 6.19. The van der Waals surface area contributed by atoms with Gasteiger partial charge in [-0.25, -0.2) is 0 Å². The molecular formula is C45H84NO8P. The van der Waals surface area contributed by atoms with Crippen molar-refractivity contribution in [2.45, 2.75) is 193 Å². The average Bonchev–Trinajstić information content (AvgIpc) is 3.14. The van der Waals surface area contributed by atoms with E-state index in [0.29, 0.717) is 30.2 Å². The van der Waals surface area contributed by atoms with E-state index < -0.39 is 45.6 Å². The molecule has 2 atom stereocenters. The smallest absolute Gasteiger partial charge is 0.306 e. The van der Waals surface area contributed by atoms with Crippen molar-refractivity contribution in [1.82, 2.24) is 0 Å². The topological polar surface area (TPSA) is 111 Å². The van der Waals surface area contributed by atoms with Crippen molar-refractivity contribution in [3.05, 3.63) is 36.5 Å². The molecule has 0 radical (unpaired) electrons. The Morgan fingerprint density at radius 2 is 1.09 bits per heavy atom. The van der Waals surface area contributed by atoms with Crippen LogP contribution in [0.5, 0.6) is 0 Å². The lowest BCUT2D eigenvalue weighted by Crippen LogP contribution is -2.37. The molecule has 0 aliphatic rings. The lowest BCUT2D eigenvalue weighted by Gasteiger charge is -2.28. The van der Waals surface area contributed by atoms with Crippen LogP contribution in [0.2, 0.25) is 0 Å². The van der Waals surface area contributed by atoms with Gasteiger partial charge in [0.2, 0.25) is 0 Å². The third-order valence-corrected chi connectivity index (χ3v) is 9.81. The number of quaternary nitrogens is 1. The molecule has 0 spiro atoms. The van der Waals surface area contributed by atoms with Gasteiger partial charge in [0.1, 0.15) is 19.7 Å². The van der Waals surface area contributed by atoms with Crippen LogP contribution in [0.1, 0.15) is 194 Å². The minimum absolute atomic E-state index is 0.199.